The molecule has 0 spiro atoms. The third-order valence-corrected chi connectivity index (χ3v) is 7.80. The van der Waals surface area contributed by atoms with E-state index in [0.717, 1.165) is 0 Å². The topological polar surface area (TPSA) is 105 Å². The normalized spacial score (nSPS) is 18.4. The second kappa shape index (κ2) is 10.8. The van der Waals surface area contributed by atoms with E-state index < -0.39 is 15.9 Å². The van der Waals surface area contributed by atoms with Crippen LogP contribution in [0.2, 0.25) is 5.02 Å². The molecular formula is C26H26ClN3O5S. The van der Waals surface area contributed by atoms with Crippen molar-refractivity contribution in [3.05, 3.63) is 88.9 Å². The lowest BCUT2D eigenvalue weighted by atomic mass is 10.2. The number of halogens is 1. The number of hydrogen-bond acceptors (Lipinski definition) is 5. The number of sulfonamides is 1. The van der Waals surface area contributed by atoms with Gasteiger partial charge in [0.2, 0.25) is 10.0 Å². The Bertz CT molecular complexity index is 1350. The monoisotopic (exact) mass is 527 g/mol. The van der Waals surface area contributed by atoms with E-state index in [0.29, 0.717) is 16.9 Å². The summed E-state index contributed by atoms with van der Waals surface area (Å²) in [6, 6.07) is 19.4. The van der Waals surface area contributed by atoms with Gasteiger partial charge in [-0.25, -0.2) is 8.42 Å². The second-order valence-corrected chi connectivity index (χ2v) is 10.9. The molecule has 8 nitrogen and oxygen atoms in total. The fraction of sp³-hybridized carbons (Fsp3) is 0.231. The number of carbonyl (C=O) groups is 2. The van der Waals surface area contributed by atoms with Gasteiger partial charge >= 0.3 is 0 Å². The van der Waals surface area contributed by atoms with Crippen molar-refractivity contribution >= 4 is 44.8 Å². The molecule has 1 heterocycles. The third-order valence-electron chi connectivity index (χ3n) is 5.64. The standard InChI is InChI=1S/C26H26ClN3O5S/c1-17-15-30(16-18(2)35-17)36(33,34)22-12-13-24(27)23(14-22)26(32)29-21-10-8-20(9-11-21)28-25(31)19-6-4-3-5-7-19/h3-14,17-18H,15-16H2,1-2H3,(H,28,31)(H,29,32)/t17-,18-/m0/s1. The minimum atomic E-state index is -3.84. The summed E-state index contributed by atoms with van der Waals surface area (Å²) in [5.41, 5.74) is 1.58. The highest BCUT2D eigenvalue weighted by molar-refractivity contribution is 7.89. The zero-order valence-corrected chi connectivity index (χ0v) is 21.3. The van der Waals surface area contributed by atoms with E-state index in [-0.39, 0.29) is 46.7 Å². The zero-order chi connectivity index (χ0) is 25.9. The highest BCUT2D eigenvalue weighted by Gasteiger charge is 2.32. The van der Waals surface area contributed by atoms with Crippen LogP contribution in [0.4, 0.5) is 11.4 Å². The average molecular weight is 528 g/mol. The molecule has 0 radical (unpaired) electrons. The van der Waals surface area contributed by atoms with Crippen LogP contribution in [0.15, 0.2) is 77.7 Å². The molecule has 2 N–H and O–H groups in total. The van der Waals surface area contributed by atoms with E-state index in [1.807, 2.05) is 19.9 Å². The van der Waals surface area contributed by atoms with Crippen LogP contribution in [0, 0.1) is 0 Å². The maximum atomic E-state index is 13.2. The van der Waals surface area contributed by atoms with Crippen molar-refractivity contribution in [1.82, 2.24) is 4.31 Å². The Balaban J connectivity index is 1.47. The van der Waals surface area contributed by atoms with Gasteiger partial charge in [0.25, 0.3) is 11.8 Å². The number of carbonyl (C=O) groups excluding carboxylic acids is 2. The van der Waals surface area contributed by atoms with Crippen LogP contribution in [0.1, 0.15) is 34.6 Å². The number of benzene rings is 3. The summed E-state index contributed by atoms with van der Waals surface area (Å²) in [6.45, 7) is 4.09. The number of nitrogens with one attached hydrogen (secondary N) is 2. The lowest BCUT2D eigenvalue weighted by molar-refractivity contribution is -0.0440. The number of hydrogen-bond donors (Lipinski definition) is 2. The van der Waals surface area contributed by atoms with Crippen LogP contribution in [0.3, 0.4) is 0 Å². The van der Waals surface area contributed by atoms with Crippen LogP contribution in [0.25, 0.3) is 0 Å². The third kappa shape index (κ3) is 5.93. The van der Waals surface area contributed by atoms with Crippen molar-refractivity contribution in [2.45, 2.75) is 31.0 Å². The van der Waals surface area contributed by atoms with E-state index in [2.05, 4.69) is 10.6 Å². The Labute approximate surface area is 215 Å². The number of morpholine rings is 1. The first-order chi connectivity index (χ1) is 17.1. The van der Waals surface area contributed by atoms with Gasteiger partial charge in [0.15, 0.2) is 0 Å². The van der Waals surface area contributed by atoms with Crippen molar-refractivity contribution in [2.24, 2.45) is 0 Å². The molecule has 1 aliphatic heterocycles. The molecule has 0 saturated carbocycles. The van der Waals surface area contributed by atoms with Gasteiger partial charge in [0, 0.05) is 30.0 Å². The lowest BCUT2D eigenvalue weighted by Gasteiger charge is -2.34. The summed E-state index contributed by atoms with van der Waals surface area (Å²) in [5, 5.41) is 5.63. The highest BCUT2D eigenvalue weighted by Crippen LogP contribution is 2.26. The van der Waals surface area contributed by atoms with Crippen molar-refractivity contribution in [3.8, 4) is 0 Å². The zero-order valence-electron chi connectivity index (χ0n) is 19.8. The predicted molar refractivity (Wildman–Crippen MR) is 139 cm³/mol. The van der Waals surface area contributed by atoms with E-state index in [1.165, 1.54) is 22.5 Å². The summed E-state index contributed by atoms with van der Waals surface area (Å²) in [4.78, 5) is 25.2. The van der Waals surface area contributed by atoms with Crippen LogP contribution < -0.4 is 10.6 Å². The Hall–Kier alpha value is -3.24. The summed E-state index contributed by atoms with van der Waals surface area (Å²) in [5.74, 6) is -0.803. The van der Waals surface area contributed by atoms with Crippen LogP contribution >= 0.6 is 11.6 Å². The van der Waals surface area contributed by atoms with Crippen LogP contribution in [-0.2, 0) is 14.8 Å². The fourth-order valence-corrected chi connectivity index (χ4v) is 5.76. The summed E-state index contributed by atoms with van der Waals surface area (Å²) in [6.07, 6.45) is -0.474. The summed E-state index contributed by atoms with van der Waals surface area (Å²) < 4.78 is 33.4. The molecule has 2 amide bonds. The highest BCUT2D eigenvalue weighted by atomic mass is 35.5. The molecular weight excluding hydrogens is 502 g/mol. The van der Waals surface area contributed by atoms with Crippen LogP contribution in [0.5, 0.6) is 0 Å². The van der Waals surface area contributed by atoms with Crippen molar-refractivity contribution in [3.63, 3.8) is 0 Å². The Morgan fingerprint density at radius 2 is 1.42 bits per heavy atom. The van der Waals surface area contributed by atoms with Crippen molar-refractivity contribution < 1.29 is 22.7 Å². The van der Waals surface area contributed by atoms with E-state index >= 15 is 0 Å². The molecule has 10 heteroatoms. The molecule has 4 rings (SSSR count). The van der Waals surface area contributed by atoms with Gasteiger partial charge < -0.3 is 15.4 Å². The molecule has 0 bridgehead atoms. The van der Waals surface area contributed by atoms with Gasteiger partial charge in [-0.15, -0.1) is 0 Å². The first-order valence-corrected chi connectivity index (χ1v) is 13.2. The Morgan fingerprint density at radius 3 is 2.00 bits per heavy atom. The van der Waals surface area contributed by atoms with Crippen molar-refractivity contribution in [2.75, 3.05) is 23.7 Å². The molecule has 1 aliphatic rings. The molecule has 2 atom stereocenters. The second-order valence-electron chi connectivity index (χ2n) is 8.57. The quantitative estimate of drug-likeness (QED) is 0.486. The molecule has 0 unspecified atom stereocenters. The summed E-state index contributed by atoms with van der Waals surface area (Å²) in [7, 11) is -3.84. The number of rotatable bonds is 6. The van der Waals surface area contributed by atoms with Crippen LogP contribution in [-0.4, -0.2) is 49.8 Å². The smallest absolute Gasteiger partial charge is 0.257 e. The molecule has 0 aliphatic carbocycles. The van der Waals surface area contributed by atoms with E-state index in [4.69, 9.17) is 16.3 Å². The number of anilines is 2. The molecule has 0 aromatic heterocycles. The first-order valence-electron chi connectivity index (χ1n) is 11.4. The maximum absolute atomic E-state index is 13.2. The average Bonchev–Trinajstić information content (AvgIpc) is 2.85. The molecule has 188 valence electrons. The lowest BCUT2D eigenvalue weighted by Crippen LogP contribution is -2.48. The Morgan fingerprint density at radius 1 is 0.861 bits per heavy atom. The number of amides is 2. The predicted octanol–water partition coefficient (Wildman–Crippen LogP) is 4.64. The van der Waals surface area contributed by atoms with Gasteiger partial charge in [0.05, 0.1) is 27.7 Å². The van der Waals surface area contributed by atoms with Crippen molar-refractivity contribution in [1.29, 1.82) is 0 Å². The van der Waals surface area contributed by atoms with Gasteiger partial charge in [0.1, 0.15) is 0 Å². The van der Waals surface area contributed by atoms with E-state index in [9.17, 15) is 18.0 Å². The minimum absolute atomic E-state index is 0.0164. The van der Waals surface area contributed by atoms with Gasteiger partial charge in [-0.3, -0.25) is 9.59 Å². The van der Waals surface area contributed by atoms with E-state index in [1.54, 1.807) is 48.5 Å². The molecule has 3 aromatic rings. The fourth-order valence-electron chi connectivity index (χ4n) is 3.94. The minimum Gasteiger partial charge on any atom is -0.373 e. The van der Waals surface area contributed by atoms with Gasteiger partial charge in [-0.1, -0.05) is 29.8 Å². The number of ether oxygens (including phenoxy) is 1. The molecule has 36 heavy (non-hydrogen) atoms. The molecule has 1 fully saturated rings. The molecule has 3 aromatic carbocycles. The van der Waals surface area contributed by atoms with Gasteiger partial charge in [-0.05, 0) is 68.4 Å². The summed E-state index contributed by atoms with van der Waals surface area (Å²) >= 11 is 6.24. The largest absolute Gasteiger partial charge is 0.373 e. The SMILES string of the molecule is C[C@H]1CN(S(=O)(=O)c2ccc(Cl)c(C(=O)Nc3ccc(NC(=O)c4ccccc4)cc3)c2)C[C@H](C)O1. The number of nitrogens with zero attached hydrogens (tertiary/aromatic N) is 1. The first kappa shape index (κ1) is 25.8. The maximum Gasteiger partial charge on any atom is 0.257 e. The Kier molecular flexibility index (Phi) is 7.75. The molecule has 1 saturated heterocycles. The van der Waals surface area contributed by atoms with Gasteiger partial charge in [-0.2, -0.15) is 4.31 Å².